The first-order valence-corrected chi connectivity index (χ1v) is 6.36. The minimum atomic E-state index is -0.440. The zero-order chi connectivity index (χ0) is 14.4. The van der Waals surface area contributed by atoms with E-state index in [1.807, 2.05) is 6.07 Å². The molecule has 0 radical (unpaired) electrons. The largest absolute Gasteiger partial charge is 0.465 e. The van der Waals surface area contributed by atoms with Crippen LogP contribution in [-0.4, -0.2) is 37.4 Å². The van der Waals surface area contributed by atoms with Gasteiger partial charge in [-0.1, -0.05) is 0 Å². The number of esters is 1. The van der Waals surface area contributed by atoms with E-state index in [1.54, 1.807) is 12.1 Å². The lowest BCUT2D eigenvalue weighted by atomic mass is 10.1. The van der Waals surface area contributed by atoms with Crippen LogP contribution in [0.15, 0.2) is 18.2 Å². The molecular formula is C14H22N2O3. The van der Waals surface area contributed by atoms with E-state index in [0.29, 0.717) is 17.7 Å². The number of aliphatic hydroxyl groups is 1. The van der Waals surface area contributed by atoms with Crippen molar-refractivity contribution in [3.63, 3.8) is 0 Å². The second kappa shape index (κ2) is 6.99. The summed E-state index contributed by atoms with van der Waals surface area (Å²) >= 11 is 0. The number of aliphatic hydroxyl groups excluding tert-OH is 1. The lowest BCUT2D eigenvalue weighted by molar-refractivity contribution is 0.0602. The number of hydrogen-bond donors (Lipinski definition) is 2. The molecule has 0 atom stereocenters. The Bertz CT molecular complexity index is 433. The summed E-state index contributed by atoms with van der Waals surface area (Å²) in [7, 11) is 1.33. The standard InChI is InChI=1S/C14H22N2O3/c1-10(2)16(7-4-8-17)11-5-6-13(15)12(9-11)14(18)19-3/h5-6,9-10,17H,4,7-8,15H2,1-3H3. The molecule has 5 nitrogen and oxygen atoms in total. The maximum atomic E-state index is 11.6. The molecule has 3 N–H and O–H groups in total. The third-order valence-electron chi connectivity index (χ3n) is 2.95. The van der Waals surface area contributed by atoms with Crippen LogP contribution in [0, 0.1) is 0 Å². The van der Waals surface area contributed by atoms with Crippen molar-refractivity contribution in [3.05, 3.63) is 23.8 Å². The molecule has 1 aromatic carbocycles. The average molecular weight is 266 g/mol. The topological polar surface area (TPSA) is 75.8 Å². The van der Waals surface area contributed by atoms with Gasteiger partial charge in [0.25, 0.3) is 0 Å². The summed E-state index contributed by atoms with van der Waals surface area (Å²) in [4.78, 5) is 13.7. The number of carbonyl (C=O) groups excluding carboxylic acids is 1. The van der Waals surface area contributed by atoms with Crippen LogP contribution in [0.4, 0.5) is 11.4 Å². The van der Waals surface area contributed by atoms with Gasteiger partial charge in [0.2, 0.25) is 0 Å². The second-order valence-electron chi connectivity index (χ2n) is 4.63. The quantitative estimate of drug-likeness (QED) is 0.605. The zero-order valence-electron chi connectivity index (χ0n) is 11.7. The highest BCUT2D eigenvalue weighted by atomic mass is 16.5. The van der Waals surface area contributed by atoms with Crippen molar-refractivity contribution < 1.29 is 14.6 Å². The molecule has 1 aromatic rings. The van der Waals surface area contributed by atoms with Crippen LogP contribution in [0.2, 0.25) is 0 Å². The summed E-state index contributed by atoms with van der Waals surface area (Å²) in [5.41, 5.74) is 7.46. The van der Waals surface area contributed by atoms with Crippen LogP contribution in [0.3, 0.4) is 0 Å². The number of carbonyl (C=O) groups is 1. The third kappa shape index (κ3) is 3.86. The van der Waals surface area contributed by atoms with Crippen LogP contribution in [0.25, 0.3) is 0 Å². The molecule has 5 heteroatoms. The van der Waals surface area contributed by atoms with Crippen LogP contribution in [0.5, 0.6) is 0 Å². The van der Waals surface area contributed by atoms with Crippen molar-refractivity contribution in [2.75, 3.05) is 30.9 Å². The predicted octanol–water partition coefficient (Wildman–Crippen LogP) is 1.65. The fourth-order valence-electron chi connectivity index (χ4n) is 1.94. The molecule has 0 bridgehead atoms. The number of nitrogens with zero attached hydrogens (tertiary/aromatic N) is 1. The molecular weight excluding hydrogens is 244 g/mol. The molecule has 0 aliphatic rings. The maximum Gasteiger partial charge on any atom is 0.340 e. The molecule has 1 rings (SSSR count). The van der Waals surface area contributed by atoms with Crippen LogP contribution in [-0.2, 0) is 4.74 Å². The zero-order valence-corrected chi connectivity index (χ0v) is 11.7. The number of ether oxygens (including phenoxy) is 1. The van der Waals surface area contributed by atoms with Gasteiger partial charge in [0.05, 0.1) is 12.7 Å². The number of rotatable bonds is 6. The van der Waals surface area contributed by atoms with E-state index in [-0.39, 0.29) is 12.6 Å². The molecule has 0 saturated heterocycles. The molecule has 0 saturated carbocycles. The summed E-state index contributed by atoms with van der Waals surface area (Å²) in [6.45, 7) is 4.98. The summed E-state index contributed by atoms with van der Waals surface area (Å²) in [6.07, 6.45) is 0.677. The minimum Gasteiger partial charge on any atom is -0.465 e. The van der Waals surface area contributed by atoms with Gasteiger partial charge in [-0.05, 0) is 38.5 Å². The fourth-order valence-corrected chi connectivity index (χ4v) is 1.94. The molecule has 0 spiro atoms. The summed E-state index contributed by atoms with van der Waals surface area (Å²) in [5, 5.41) is 8.95. The van der Waals surface area contributed by atoms with Crippen molar-refractivity contribution in [3.8, 4) is 0 Å². The van der Waals surface area contributed by atoms with Crippen LogP contribution < -0.4 is 10.6 Å². The summed E-state index contributed by atoms with van der Waals surface area (Å²) in [5.74, 6) is -0.440. The molecule has 0 aliphatic carbocycles. The van der Waals surface area contributed by atoms with Crippen LogP contribution >= 0.6 is 0 Å². The van der Waals surface area contributed by atoms with Crippen molar-refractivity contribution >= 4 is 17.3 Å². The van der Waals surface area contributed by atoms with Crippen LogP contribution in [0.1, 0.15) is 30.6 Å². The molecule has 0 aromatic heterocycles. The second-order valence-corrected chi connectivity index (χ2v) is 4.63. The van der Waals surface area contributed by atoms with E-state index in [0.717, 1.165) is 12.2 Å². The Balaban J connectivity index is 3.07. The smallest absolute Gasteiger partial charge is 0.340 e. The number of benzene rings is 1. The summed E-state index contributed by atoms with van der Waals surface area (Å²) < 4.78 is 4.72. The van der Waals surface area contributed by atoms with Gasteiger partial charge < -0.3 is 20.5 Å². The van der Waals surface area contributed by atoms with Gasteiger partial charge in [0, 0.05) is 30.6 Å². The predicted molar refractivity (Wildman–Crippen MR) is 76.4 cm³/mol. The van der Waals surface area contributed by atoms with Gasteiger partial charge in [-0.2, -0.15) is 0 Å². The van der Waals surface area contributed by atoms with Crippen molar-refractivity contribution in [2.45, 2.75) is 26.3 Å². The Hall–Kier alpha value is -1.75. The highest BCUT2D eigenvalue weighted by Gasteiger charge is 2.15. The monoisotopic (exact) mass is 266 g/mol. The van der Waals surface area contributed by atoms with E-state index < -0.39 is 5.97 Å². The van der Waals surface area contributed by atoms with Gasteiger partial charge in [-0.3, -0.25) is 0 Å². The SMILES string of the molecule is COC(=O)c1cc(N(CCCO)C(C)C)ccc1N. The van der Waals surface area contributed by atoms with E-state index >= 15 is 0 Å². The van der Waals surface area contributed by atoms with E-state index in [2.05, 4.69) is 18.7 Å². The number of nitrogens with two attached hydrogens (primary N) is 1. The number of hydrogen-bond acceptors (Lipinski definition) is 5. The van der Waals surface area contributed by atoms with E-state index in [9.17, 15) is 4.79 Å². The van der Waals surface area contributed by atoms with E-state index in [1.165, 1.54) is 7.11 Å². The van der Waals surface area contributed by atoms with Gasteiger partial charge in [-0.15, -0.1) is 0 Å². The Kier molecular flexibility index (Phi) is 5.63. The fraction of sp³-hybridized carbons (Fsp3) is 0.500. The van der Waals surface area contributed by atoms with Crippen molar-refractivity contribution in [2.24, 2.45) is 0 Å². The minimum absolute atomic E-state index is 0.141. The molecule has 0 fully saturated rings. The highest BCUT2D eigenvalue weighted by Crippen LogP contribution is 2.23. The lowest BCUT2D eigenvalue weighted by Crippen LogP contribution is -2.32. The Morgan fingerprint density at radius 1 is 1.47 bits per heavy atom. The molecule has 106 valence electrons. The first kappa shape index (κ1) is 15.3. The number of methoxy groups -OCH3 is 1. The number of anilines is 2. The lowest BCUT2D eigenvalue weighted by Gasteiger charge is -2.29. The molecule has 0 unspecified atom stereocenters. The Morgan fingerprint density at radius 2 is 2.16 bits per heavy atom. The van der Waals surface area contributed by atoms with E-state index in [4.69, 9.17) is 15.6 Å². The highest BCUT2D eigenvalue weighted by molar-refractivity contribution is 5.96. The molecule has 0 aliphatic heterocycles. The van der Waals surface area contributed by atoms with Gasteiger partial charge in [-0.25, -0.2) is 4.79 Å². The van der Waals surface area contributed by atoms with Crippen molar-refractivity contribution in [1.29, 1.82) is 0 Å². The summed E-state index contributed by atoms with van der Waals surface area (Å²) in [6, 6.07) is 5.58. The molecule has 0 amide bonds. The van der Waals surface area contributed by atoms with Gasteiger partial charge in [0.15, 0.2) is 0 Å². The Labute approximate surface area is 114 Å². The normalized spacial score (nSPS) is 10.6. The van der Waals surface area contributed by atoms with Gasteiger partial charge >= 0.3 is 5.97 Å². The number of nitrogen functional groups attached to an aromatic ring is 1. The molecule has 19 heavy (non-hydrogen) atoms. The molecule has 0 heterocycles. The first-order valence-electron chi connectivity index (χ1n) is 6.36. The third-order valence-corrected chi connectivity index (χ3v) is 2.95. The van der Waals surface area contributed by atoms with Gasteiger partial charge in [0.1, 0.15) is 0 Å². The average Bonchev–Trinajstić information content (AvgIpc) is 2.39. The first-order chi connectivity index (χ1) is 9.01. The Morgan fingerprint density at radius 3 is 2.68 bits per heavy atom. The maximum absolute atomic E-state index is 11.6. The van der Waals surface area contributed by atoms with Crippen molar-refractivity contribution in [1.82, 2.24) is 0 Å².